The summed E-state index contributed by atoms with van der Waals surface area (Å²) in [5, 5.41) is 4.63. The fourth-order valence-electron chi connectivity index (χ4n) is 2.72. The second-order valence-electron chi connectivity index (χ2n) is 5.82. The van der Waals surface area contributed by atoms with E-state index < -0.39 is 10.0 Å². The van der Waals surface area contributed by atoms with E-state index in [1.54, 1.807) is 17.5 Å². The van der Waals surface area contributed by atoms with Crippen LogP contribution in [0.3, 0.4) is 0 Å². The van der Waals surface area contributed by atoms with E-state index in [9.17, 15) is 13.2 Å². The van der Waals surface area contributed by atoms with Crippen molar-refractivity contribution in [2.45, 2.75) is 4.21 Å². The zero-order valence-corrected chi connectivity index (χ0v) is 16.7. The summed E-state index contributed by atoms with van der Waals surface area (Å²) in [5.74, 6) is -0.0631. The molecule has 2 aromatic rings. The Labute approximate surface area is 159 Å². The summed E-state index contributed by atoms with van der Waals surface area (Å²) >= 11 is 4.59. The van der Waals surface area contributed by atoms with Crippen LogP contribution in [-0.2, 0) is 14.8 Å². The molecule has 1 aromatic heterocycles. The largest absolute Gasteiger partial charge is 0.325 e. The Morgan fingerprint density at radius 3 is 2.48 bits per heavy atom. The summed E-state index contributed by atoms with van der Waals surface area (Å²) in [5.41, 5.74) is 0.756. The Kier molecular flexibility index (Phi) is 5.90. The number of sulfonamides is 1. The highest BCUT2D eigenvalue weighted by Gasteiger charge is 2.31. The molecule has 0 saturated carbocycles. The van der Waals surface area contributed by atoms with Crippen LogP contribution in [-0.4, -0.2) is 51.4 Å². The van der Waals surface area contributed by atoms with Crippen molar-refractivity contribution in [1.29, 1.82) is 0 Å². The zero-order valence-electron chi connectivity index (χ0n) is 13.4. The molecule has 0 radical (unpaired) electrons. The van der Waals surface area contributed by atoms with Crippen molar-refractivity contribution in [2.75, 3.05) is 38.0 Å². The molecular formula is C16H19BrN3O3S2+. The minimum atomic E-state index is -3.39. The highest BCUT2D eigenvalue weighted by Crippen LogP contribution is 2.20. The molecule has 2 heterocycles. The first-order valence-corrected chi connectivity index (χ1v) is 11.0. The van der Waals surface area contributed by atoms with Gasteiger partial charge in [0, 0.05) is 10.2 Å². The zero-order chi connectivity index (χ0) is 17.9. The van der Waals surface area contributed by atoms with E-state index in [2.05, 4.69) is 21.2 Å². The van der Waals surface area contributed by atoms with Gasteiger partial charge < -0.3 is 10.2 Å². The Hall–Kier alpha value is -1.26. The van der Waals surface area contributed by atoms with Gasteiger partial charge in [0.05, 0.1) is 26.2 Å². The molecule has 0 unspecified atom stereocenters. The molecule has 0 bridgehead atoms. The molecule has 1 fully saturated rings. The first-order valence-electron chi connectivity index (χ1n) is 7.88. The number of anilines is 1. The number of amides is 1. The van der Waals surface area contributed by atoms with E-state index in [1.165, 1.54) is 15.6 Å². The van der Waals surface area contributed by atoms with Gasteiger partial charge in [0.1, 0.15) is 4.21 Å². The van der Waals surface area contributed by atoms with Gasteiger partial charge in [-0.25, -0.2) is 8.42 Å². The Morgan fingerprint density at radius 2 is 1.88 bits per heavy atom. The normalized spacial score (nSPS) is 16.7. The number of carbonyl (C=O) groups excluding carboxylic acids is 1. The predicted octanol–water partition coefficient (Wildman–Crippen LogP) is 1.04. The van der Waals surface area contributed by atoms with Crippen molar-refractivity contribution in [2.24, 2.45) is 0 Å². The third-order valence-electron chi connectivity index (χ3n) is 4.06. The number of hydrogen-bond acceptors (Lipinski definition) is 4. The number of nitrogens with zero attached hydrogens (tertiary/aromatic N) is 1. The van der Waals surface area contributed by atoms with E-state index >= 15 is 0 Å². The Balaban J connectivity index is 1.51. The van der Waals surface area contributed by atoms with Crippen LogP contribution in [0.25, 0.3) is 0 Å². The van der Waals surface area contributed by atoms with Crippen molar-refractivity contribution in [3.8, 4) is 0 Å². The van der Waals surface area contributed by atoms with Crippen molar-refractivity contribution >= 4 is 48.9 Å². The first kappa shape index (κ1) is 18.5. The van der Waals surface area contributed by atoms with Crippen LogP contribution in [0, 0.1) is 0 Å². The average molecular weight is 445 g/mol. The molecular weight excluding hydrogens is 426 g/mol. The number of rotatable bonds is 5. The van der Waals surface area contributed by atoms with Gasteiger partial charge in [-0.15, -0.1) is 11.3 Å². The molecule has 1 aliphatic rings. The van der Waals surface area contributed by atoms with Crippen LogP contribution < -0.4 is 10.2 Å². The molecule has 1 amide bonds. The highest BCUT2D eigenvalue weighted by molar-refractivity contribution is 9.10. The van der Waals surface area contributed by atoms with Crippen molar-refractivity contribution in [3.63, 3.8) is 0 Å². The summed E-state index contributed by atoms with van der Waals surface area (Å²) in [7, 11) is -3.39. The fourth-order valence-corrected chi connectivity index (χ4v) is 5.57. The summed E-state index contributed by atoms with van der Waals surface area (Å²) < 4.78 is 27.8. The maximum atomic E-state index is 12.5. The molecule has 9 heteroatoms. The molecule has 1 aromatic carbocycles. The SMILES string of the molecule is O=C(C[NH+]1CCN(S(=O)(=O)c2cccs2)CC1)Nc1ccc(Br)cc1. The van der Waals surface area contributed by atoms with E-state index in [0.717, 1.165) is 15.1 Å². The fraction of sp³-hybridized carbons (Fsp3) is 0.312. The van der Waals surface area contributed by atoms with Gasteiger partial charge in [-0.05, 0) is 35.7 Å². The van der Waals surface area contributed by atoms with Gasteiger partial charge in [-0.1, -0.05) is 22.0 Å². The number of benzene rings is 1. The van der Waals surface area contributed by atoms with Crippen LogP contribution in [0.2, 0.25) is 0 Å². The van der Waals surface area contributed by atoms with Gasteiger partial charge in [0.25, 0.3) is 15.9 Å². The van der Waals surface area contributed by atoms with Gasteiger partial charge >= 0.3 is 0 Å². The molecule has 1 aliphatic heterocycles. The Morgan fingerprint density at radius 1 is 1.20 bits per heavy atom. The molecule has 1 saturated heterocycles. The third-order valence-corrected chi connectivity index (χ3v) is 7.86. The lowest BCUT2D eigenvalue weighted by Crippen LogP contribution is -3.15. The average Bonchev–Trinajstić information content (AvgIpc) is 3.13. The first-order chi connectivity index (χ1) is 11.9. The van der Waals surface area contributed by atoms with E-state index in [4.69, 9.17) is 0 Å². The van der Waals surface area contributed by atoms with Crippen LogP contribution in [0.1, 0.15) is 0 Å². The standard InChI is InChI=1S/C16H18BrN3O3S2/c17-13-3-5-14(6-4-13)18-15(21)12-19-7-9-20(10-8-19)25(22,23)16-2-1-11-24-16/h1-6,11H,7-10,12H2,(H,18,21)/p+1. The minimum absolute atomic E-state index is 0.0631. The van der Waals surface area contributed by atoms with Crippen molar-refractivity contribution in [1.82, 2.24) is 4.31 Å². The highest BCUT2D eigenvalue weighted by atomic mass is 79.9. The molecule has 2 N–H and O–H groups in total. The topological polar surface area (TPSA) is 70.9 Å². The number of thiophene rings is 1. The molecule has 3 rings (SSSR count). The minimum Gasteiger partial charge on any atom is -0.325 e. The number of nitrogens with one attached hydrogen (secondary N) is 2. The number of hydrogen-bond donors (Lipinski definition) is 2. The maximum Gasteiger partial charge on any atom is 0.279 e. The summed E-state index contributed by atoms with van der Waals surface area (Å²) in [6.07, 6.45) is 0. The monoisotopic (exact) mass is 444 g/mol. The van der Waals surface area contributed by atoms with Crippen LogP contribution in [0.4, 0.5) is 5.69 Å². The number of piperazine rings is 1. The lowest BCUT2D eigenvalue weighted by molar-refractivity contribution is -0.895. The molecule has 0 atom stereocenters. The van der Waals surface area contributed by atoms with Crippen LogP contribution in [0.15, 0.2) is 50.5 Å². The summed E-state index contributed by atoms with van der Waals surface area (Å²) in [6, 6.07) is 10.8. The van der Waals surface area contributed by atoms with Crippen LogP contribution in [0.5, 0.6) is 0 Å². The van der Waals surface area contributed by atoms with Crippen molar-refractivity contribution < 1.29 is 18.1 Å². The predicted molar refractivity (Wildman–Crippen MR) is 101 cm³/mol. The molecule has 0 aliphatic carbocycles. The van der Waals surface area contributed by atoms with Gasteiger partial charge in [-0.2, -0.15) is 4.31 Å². The molecule has 6 nitrogen and oxygen atoms in total. The second kappa shape index (κ2) is 7.96. The number of halogens is 1. The number of quaternary nitrogens is 1. The molecule has 25 heavy (non-hydrogen) atoms. The van der Waals surface area contributed by atoms with Gasteiger partial charge in [0.2, 0.25) is 0 Å². The van der Waals surface area contributed by atoms with Crippen LogP contribution >= 0.6 is 27.3 Å². The lowest BCUT2D eigenvalue weighted by atomic mass is 10.3. The Bertz CT molecular complexity index is 815. The molecule has 0 spiro atoms. The third kappa shape index (κ3) is 4.68. The maximum absolute atomic E-state index is 12.5. The van der Waals surface area contributed by atoms with E-state index in [0.29, 0.717) is 36.9 Å². The smallest absolute Gasteiger partial charge is 0.279 e. The number of carbonyl (C=O) groups is 1. The van der Waals surface area contributed by atoms with E-state index in [1.807, 2.05) is 24.3 Å². The van der Waals surface area contributed by atoms with Gasteiger partial charge in [-0.3, -0.25) is 4.79 Å². The molecule has 134 valence electrons. The summed E-state index contributed by atoms with van der Waals surface area (Å²) in [6.45, 7) is 2.45. The van der Waals surface area contributed by atoms with Gasteiger partial charge in [0.15, 0.2) is 6.54 Å². The quantitative estimate of drug-likeness (QED) is 0.723. The van der Waals surface area contributed by atoms with Crippen molar-refractivity contribution in [3.05, 3.63) is 46.3 Å². The second-order valence-corrected chi connectivity index (χ2v) is 9.85. The van der Waals surface area contributed by atoms with E-state index in [-0.39, 0.29) is 5.91 Å². The lowest BCUT2D eigenvalue weighted by Gasteiger charge is -2.30. The summed E-state index contributed by atoms with van der Waals surface area (Å²) in [4.78, 5) is 13.2.